The summed E-state index contributed by atoms with van der Waals surface area (Å²) >= 11 is 0. The lowest BCUT2D eigenvalue weighted by Crippen LogP contribution is -2.49. The summed E-state index contributed by atoms with van der Waals surface area (Å²) in [5, 5.41) is 7.06. The summed E-state index contributed by atoms with van der Waals surface area (Å²) in [7, 11) is 1.86. The summed E-state index contributed by atoms with van der Waals surface area (Å²) in [6, 6.07) is 9.83. The van der Waals surface area contributed by atoms with Gasteiger partial charge in [-0.2, -0.15) is 0 Å². The van der Waals surface area contributed by atoms with E-state index < -0.39 is 0 Å². The molecular weight excluding hydrogens is 451 g/mol. The molecule has 2 aliphatic rings. The number of hydrogen-bond donors (Lipinski definition) is 2. The molecule has 0 radical (unpaired) electrons. The van der Waals surface area contributed by atoms with Crippen LogP contribution in [0.1, 0.15) is 44.6 Å². The lowest BCUT2D eigenvalue weighted by atomic mass is 10.1. The van der Waals surface area contributed by atoms with E-state index in [1.165, 1.54) is 44.3 Å². The van der Waals surface area contributed by atoms with Crippen LogP contribution in [0.3, 0.4) is 0 Å². The van der Waals surface area contributed by atoms with E-state index in [2.05, 4.69) is 45.6 Å². The van der Waals surface area contributed by atoms with Crippen molar-refractivity contribution in [3.63, 3.8) is 0 Å². The fourth-order valence-electron chi connectivity index (χ4n) is 3.57. The van der Waals surface area contributed by atoms with Crippen LogP contribution in [-0.2, 0) is 6.42 Å². The van der Waals surface area contributed by atoms with Crippen LogP contribution in [0.15, 0.2) is 29.3 Å². The third-order valence-electron chi connectivity index (χ3n) is 5.23. The highest BCUT2D eigenvalue weighted by Crippen LogP contribution is 2.29. The smallest absolute Gasteiger partial charge is 0.191 e. The van der Waals surface area contributed by atoms with Gasteiger partial charge in [-0.15, -0.1) is 24.0 Å². The van der Waals surface area contributed by atoms with Gasteiger partial charge in [0, 0.05) is 38.8 Å². The molecule has 0 amide bonds. The van der Waals surface area contributed by atoms with Crippen LogP contribution in [-0.4, -0.2) is 56.2 Å². The summed E-state index contributed by atoms with van der Waals surface area (Å²) in [5.41, 5.74) is 1.29. The van der Waals surface area contributed by atoms with Gasteiger partial charge in [0.05, 0.1) is 6.61 Å². The number of guanidine groups is 1. The predicted molar refractivity (Wildman–Crippen MR) is 123 cm³/mol. The molecule has 3 rings (SSSR count). The van der Waals surface area contributed by atoms with E-state index in [-0.39, 0.29) is 24.0 Å². The van der Waals surface area contributed by atoms with Gasteiger partial charge in [-0.1, -0.05) is 19.1 Å². The maximum atomic E-state index is 5.71. The SMILES string of the molecule is CCCOc1cccc(CCNC(=NC)NC2CCN(C3CC3)CC2)c1.I. The number of likely N-dealkylation sites (tertiary alicyclic amines) is 1. The summed E-state index contributed by atoms with van der Waals surface area (Å²) in [4.78, 5) is 7.05. The number of nitrogens with one attached hydrogen (secondary N) is 2. The quantitative estimate of drug-likeness (QED) is 0.336. The van der Waals surface area contributed by atoms with Crippen molar-refractivity contribution in [2.24, 2.45) is 4.99 Å². The molecule has 1 aliphatic carbocycles. The van der Waals surface area contributed by atoms with Crippen molar-refractivity contribution in [2.75, 3.05) is 33.3 Å². The minimum absolute atomic E-state index is 0. The maximum Gasteiger partial charge on any atom is 0.191 e. The highest BCUT2D eigenvalue weighted by Gasteiger charge is 2.31. The van der Waals surface area contributed by atoms with E-state index >= 15 is 0 Å². The Balaban J connectivity index is 0.00000261. The minimum Gasteiger partial charge on any atom is -0.494 e. The van der Waals surface area contributed by atoms with Crippen LogP contribution in [0, 0.1) is 0 Å². The lowest BCUT2D eigenvalue weighted by Gasteiger charge is -2.33. The first-order chi connectivity index (χ1) is 12.8. The normalized spacial score (nSPS) is 18.7. The van der Waals surface area contributed by atoms with Crippen LogP contribution in [0.5, 0.6) is 5.75 Å². The standard InChI is InChI=1S/C21H34N4O.HI/c1-3-15-26-20-6-4-5-17(16-20)9-12-23-21(22-2)24-18-10-13-25(14-11-18)19-7-8-19;/h4-6,16,18-19H,3,7-15H2,1-2H3,(H2,22,23,24);1H. The first kappa shape index (κ1) is 22.3. The minimum atomic E-state index is 0. The Morgan fingerprint density at radius 3 is 2.67 bits per heavy atom. The predicted octanol–water partition coefficient (Wildman–Crippen LogP) is 3.43. The molecule has 0 aromatic heterocycles. The number of benzene rings is 1. The first-order valence-electron chi connectivity index (χ1n) is 10.2. The van der Waals surface area contributed by atoms with E-state index in [4.69, 9.17) is 4.74 Å². The molecule has 5 nitrogen and oxygen atoms in total. The van der Waals surface area contributed by atoms with E-state index in [1.807, 2.05) is 13.1 Å². The molecular formula is C21H35IN4O. The molecule has 0 atom stereocenters. The summed E-state index contributed by atoms with van der Waals surface area (Å²) in [6.45, 7) is 6.23. The molecule has 1 aromatic rings. The third-order valence-corrected chi connectivity index (χ3v) is 5.23. The molecule has 0 unspecified atom stereocenters. The second-order valence-corrected chi connectivity index (χ2v) is 7.43. The van der Waals surface area contributed by atoms with Crippen LogP contribution in [0.4, 0.5) is 0 Å². The average Bonchev–Trinajstić information content (AvgIpc) is 3.52. The zero-order chi connectivity index (χ0) is 18.2. The largest absolute Gasteiger partial charge is 0.494 e. The zero-order valence-electron chi connectivity index (χ0n) is 16.7. The van der Waals surface area contributed by atoms with Gasteiger partial charge in [-0.05, 0) is 56.2 Å². The maximum absolute atomic E-state index is 5.71. The van der Waals surface area contributed by atoms with Gasteiger partial charge in [-0.25, -0.2) is 0 Å². The molecule has 1 aromatic carbocycles. The zero-order valence-corrected chi connectivity index (χ0v) is 19.1. The molecule has 1 heterocycles. The van der Waals surface area contributed by atoms with Gasteiger partial charge in [0.2, 0.25) is 0 Å². The number of rotatable bonds is 8. The van der Waals surface area contributed by atoms with Crippen molar-refractivity contribution < 1.29 is 4.74 Å². The summed E-state index contributed by atoms with van der Waals surface area (Å²) < 4.78 is 5.71. The van der Waals surface area contributed by atoms with Gasteiger partial charge in [-0.3, -0.25) is 4.99 Å². The van der Waals surface area contributed by atoms with Gasteiger partial charge >= 0.3 is 0 Å². The van der Waals surface area contributed by atoms with Crippen molar-refractivity contribution in [2.45, 2.75) is 57.5 Å². The second-order valence-electron chi connectivity index (χ2n) is 7.43. The van der Waals surface area contributed by atoms with E-state index in [1.54, 1.807) is 0 Å². The Kier molecular flexibility index (Phi) is 9.68. The molecule has 2 N–H and O–H groups in total. The Bertz CT molecular complexity index is 583. The van der Waals surface area contributed by atoms with Gasteiger partial charge in [0.25, 0.3) is 0 Å². The topological polar surface area (TPSA) is 48.9 Å². The van der Waals surface area contributed by atoms with Crippen molar-refractivity contribution >= 4 is 29.9 Å². The molecule has 1 saturated heterocycles. The Labute approximate surface area is 181 Å². The van der Waals surface area contributed by atoms with Crippen LogP contribution in [0.25, 0.3) is 0 Å². The monoisotopic (exact) mass is 486 g/mol. The molecule has 1 aliphatic heterocycles. The van der Waals surface area contributed by atoms with E-state index in [9.17, 15) is 0 Å². The van der Waals surface area contributed by atoms with E-state index in [0.717, 1.165) is 43.7 Å². The summed E-state index contributed by atoms with van der Waals surface area (Å²) in [5.74, 6) is 1.89. The molecule has 0 spiro atoms. The molecule has 152 valence electrons. The van der Waals surface area contributed by atoms with E-state index in [0.29, 0.717) is 6.04 Å². The Hall–Kier alpha value is -1.02. The van der Waals surface area contributed by atoms with Crippen LogP contribution < -0.4 is 15.4 Å². The number of piperidine rings is 1. The van der Waals surface area contributed by atoms with Gasteiger partial charge in [0.15, 0.2) is 5.96 Å². The highest BCUT2D eigenvalue weighted by atomic mass is 127. The number of ether oxygens (including phenoxy) is 1. The Morgan fingerprint density at radius 1 is 1.22 bits per heavy atom. The van der Waals surface area contributed by atoms with Crippen molar-refractivity contribution in [1.29, 1.82) is 0 Å². The third kappa shape index (κ3) is 7.49. The van der Waals surface area contributed by atoms with Gasteiger partial charge < -0.3 is 20.3 Å². The number of halogens is 1. The first-order valence-corrected chi connectivity index (χ1v) is 10.2. The molecule has 0 bridgehead atoms. The number of aliphatic imine (C=N–C) groups is 1. The molecule has 2 fully saturated rings. The van der Waals surface area contributed by atoms with Crippen LogP contribution in [0.2, 0.25) is 0 Å². The number of nitrogens with zero attached hydrogens (tertiary/aromatic N) is 2. The van der Waals surface area contributed by atoms with Crippen molar-refractivity contribution in [1.82, 2.24) is 15.5 Å². The molecule has 6 heteroatoms. The van der Waals surface area contributed by atoms with Crippen LogP contribution >= 0.6 is 24.0 Å². The number of hydrogen-bond acceptors (Lipinski definition) is 3. The van der Waals surface area contributed by atoms with Gasteiger partial charge in [0.1, 0.15) is 5.75 Å². The lowest BCUT2D eigenvalue weighted by molar-refractivity contribution is 0.197. The fourth-order valence-corrected chi connectivity index (χ4v) is 3.57. The molecule has 27 heavy (non-hydrogen) atoms. The van der Waals surface area contributed by atoms with Crippen molar-refractivity contribution in [3.8, 4) is 5.75 Å². The average molecular weight is 486 g/mol. The highest BCUT2D eigenvalue weighted by molar-refractivity contribution is 14.0. The summed E-state index contributed by atoms with van der Waals surface area (Å²) in [6.07, 6.45) is 7.25. The molecule has 1 saturated carbocycles. The second kappa shape index (κ2) is 11.7. The fraction of sp³-hybridized carbons (Fsp3) is 0.667. The van der Waals surface area contributed by atoms with Crippen molar-refractivity contribution in [3.05, 3.63) is 29.8 Å². The Morgan fingerprint density at radius 2 is 2.00 bits per heavy atom.